The number of nitrogens with two attached hydrogens (primary N) is 1. The normalized spacial score (nSPS) is 18.5. The number of hydrogen-bond donors (Lipinski definition) is 2. The van der Waals surface area contributed by atoms with E-state index in [1.54, 1.807) is 25.4 Å². The molecule has 11 nitrogen and oxygen atoms in total. The maximum atomic E-state index is 13.2. The van der Waals surface area contributed by atoms with Gasteiger partial charge in [0.25, 0.3) is 5.91 Å². The van der Waals surface area contributed by atoms with E-state index in [0.29, 0.717) is 53.6 Å². The maximum absolute atomic E-state index is 13.2. The number of nitrogens with one attached hydrogen (secondary N) is 1. The molecule has 0 bridgehead atoms. The van der Waals surface area contributed by atoms with E-state index in [1.807, 2.05) is 35.2 Å². The summed E-state index contributed by atoms with van der Waals surface area (Å²) in [6.45, 7) is 6.20. The fourth-order valence-electron chi connectivity index (χ4n) is 5.41. The van der Waals surface area contributed by atoms with Gasteiger partial charge in [-0.15, -0.1) is 0 Å². The molecule has 1 amide bonds. The number of morpholine rings is 1. The lowest BCUT2D eigenvalue weighted by Crippen LogP contribution is -2.62. The summed E-state index contributed by atoms with van der Waals surface area (Å²) in [5.41, 5.74) is 9.71. The first-order valence-electron chi connectivity index (χ1n) is 14.1. The SMILES string of the molecule is COc1cc(Nc2nccc(-c3ccc(OC4CCOCC4)c(N)c3)n2)ccc1C(=O)N1CC(N2CCOCC2)C1. The Labute approximate surface area is 239 Å². The van der Waals surface area contributed by atoms with Crippen molar-refractivity contribution in [2.75, 3.05) is 70.8 Å². The standard InChI is InChI=1S/C30H36N6O5/c1-38-28-17-21(3-4-24(28)29(37)36-18-22(19-36)35-10-14-40-15-11-35)33-30-32-9-6-26(34-30)20-2-5-27(25(31)16-20)41-23-7-12-39-13-8-23/h2-6,9,16-17,22-23H,7-8,10-15,18-19,31H2,1H3,(H,32,33,34). The highest BCUT2D eigenvalue weighted by Gasteiger charge is 2.36. The fourth-order valence-corrected chi connectivity index (χ4v) is 5.41. The number of likely N-dealkylation sites (tertiary alicyclic amines) is 1. The highest BCUT2D eigenvalue weighted by atomic mass is 16.5. The van der Waals surface area contributed by atoms with Crippen molar-refractivity contribution >= 4 is 23.2 Å². The van der Waals surface area contributed by atoms with Gasteiger partial charge in [-0.3, -0.25) is 9.69 Å². The molecule has 2 aromatic carbocycles. The number of hydrogen-bond acceptors (Lipinski definition) is 10. The molecule has 3 aromatic rings. The number of carbonyl (C=O) groups is 1. The zero-order valence-corrected chi connectivity index (χ0v) is 23.3. The van der Waals surface area contributed by atoms with Crippen LogP contribution in [0.1, 0.15) is 23.2 Å². The molecule has 3 aliphatic rings. The number of methoxy groups -OCH3 is 1. The van der Waals surface area contributed by atoms with E-state index in [1.165, 1.54) is 0 Å². The quantitative estimate of drug-likeness (QED) is 0.397. The van der Waals surface area contributed by atoms with Crippen molar-refractivity contribution in [2.45, 2.75) is 25.0 Å². The number of amides is 1. The number of carbonyl (C=O) groups excluding carboxylic acids is 1. The average Bonchev–Trinajstić information content (AvgIpc) is 2.98. The monoisotopic (exact) mass is 560 g/mol. The van der Waals surface area contributed by atoms with Gasteiger partial charge in [-0.05, 0) is 36.4 Å². The number of nitrogens with zero attached hydrogens (tertiary/aromatic N) is 4. The molecule has 0 atom stereocenters. The Morgan fingerprint density at radius 3 is 2.54 bits per heavy atom. The minimum atomic E-state index is -0.0296. The molecule has 0 spiro atoms. The van der Waals surface area contributed by atoms with E-state index in [2.05, 4.69) is 20.2 Å². The van der Waals surface area contributed by atoms with Crippen molar-refractivity contribution in [1.82, 2.24) is 19.8 Å². The van der Waals surface area contributed by atoms with Crippen molar-refractivity contribution < 1.29 is 23.7 Å². The van der Waals surface area contributed by atoms with Crippen molar-refractivity contribution in [3.8, 4) is 22.8 Å². The van der Waals surface area contributed by atoms with Gasteiger partial charge in [-0.1, -0.05) is 0 Å². The van der Waals surface area contributed by atoms with E-state index in [4.69, 9.17) is 24.7 Å². The summed E-state index contributed by atoms with van der Waals surface area (Å²) in [6.07, 6.45) is 3.52. The van der Waals surface area contributed by atoms with Crippen LogP contribution in [0.25, 0.3) is 11.3 Å². The van der Waals surface area contributed by atoms with Crippen LogP contribution in [0, 0.1) is 0 Å². The molecular formula is C30H36N6O5. The van der Waals surface area contributed by atoms with Gasteiger partial charge in [0.1, 0.15) is 17.6 Å². The van der Waals surface area contributed by atoms with Crippen molar-refractivity contribution in [2.24, 2.45) is 0 Å². The number of anilines is 3. The predicted molar refractivity (Wildman–Crippen MR) is 155 cm³/mol. The van der Waals surface area contributed by atoms with Crippen LogP contribution in [0.2, 0.25) is 0 Å². The predicted octanol–water partition coefficient (Wildman–Crippen LogP) is 3.19. The zero-order chi connectivity index (χ0) is 28.2. The Balaban J connectivity index is 1.11. The summed E-state index contributed by atoms with van der Waals surface area (Å²) in [6, 6.07) is 13.3. The molecule has 4 heterocycles. The summed E-state index contributed by atoms with van der Waals surface area (Å²) in [4.78, 5) is 26.5. The van der Waals surface area contributed by atoms with Gasteiger partial charge in [0.05, 0.1) is 50.5 Å². The number of ether oxygens (including phenoxy) is 4. The third-order valence-electron chi connectivity index (χ3n) is 7.82. The molecule has 0 radical (unpaired) electrons. The molecule has 0 aliphatic carbocycles. The van der Waals surface area contributed by atoms with Crippen LogP contribution >= 0.6 is 0 Å². The lowest BCUT2D eigenvalue weighted by molar-refractivity contribution is -0.0256. The highest BCUT2D eigenvalue weighted by Crippen LogP contribution is 2.31. The molecule has 3 saturated heterocycles. The second-order valence-corrected chi connectivity index (χ2v) is 10.5. The van der Waals surface area contributed by atoms with Gasteiger partial charge >= 0.3 is 0 Å². The zero-order valence-electron chi connectivity index (χ0n) is 23.3. The third kappa shape index (κ3) is 6.22. The van der Waals surface area contributed by atoms with Gasteiger partial charge in [0, 0.05) is 68.6 Å². The Morgan fingerprint density at radius 2 is 1.78 bits per heavy atom. The molecule has 11 heteroatoms. The second-order valence-electron chi connectivity index (χ2n) is 10.5. The molecule has 3 N–H and O–H groups in total. The lowest BCUT2D eigenvalue weighted by atomic mass is 10.0. The van der Waals surface area contributed by atoms with E-state index in [0.717, 1.165) is 63.5 Å². The van der Waals surface area contributed by atoms with Gasteiger partial charge in [-0.2, -0.15) is 0 Å². The van der Waals surface area contributed by atoms with Crippen LogP contribution in [0.15, 0.2) is 48.7 Å². The topological polar surface area (TPSA) is 124 Å². The van der Waals surface area contributed by atoms with Crippen LogP contribution in [-0.2, 0) is 9.47 Å². The van der Waals surface area contributed by atoms with Crippen molar-refractivity contribution in [1.29, 1.82) is 0 Å². The first-order valence-corrected chi connectivity index (χ1v) is 14.1. The first-order chi connectivity index (χ1) is 20.1. The minimum absolute atomic E-state index is 0.0296. The Morgan fingerprint density at radius 1 is 1.00 bits per heavy atom. The number of benzene rings is 2. The van der Waals surface area contributed by atoms with E-state index < -0.39 is 0 Å². The molecule has 3 fully saturated rings. The lowest BCUT2D eigenvalue weighted by Gasteiger charge is -2.46. The van der Waals surface area contributed by atoms with Crippen molar-refractivity contribution in [3.63, 3.8) is 0 Å². The molecule has 0 unspecified atom stereocenters. The van der Waals surface area contributed by atoms with Crippen LogP contribution in [-0.4, -0.2) is 97.5 Å². The largest absolute Gasteiger partial charge is 0.496 e. The fraction of sp³-hybridized carbons (Fsp3) is 0.433. The van der Waals surface area contributed by atoms with E-state index in [-0.39, 0.29) is 12.0 Å². The van der Waals surface area contributed by atoms with Crippen LogP contribution in [0.3, 0.4) is 0 Å². The second kappa shape index (κ2) is 12.3. The molecule has 41 heavy (non-hydrogen) atoms. The average molecular weight is 561 g/mol. The Bertz CT molecular complexity index is 1370. The van der Waals surface area contributed by atoms with Gasteiger partial charge in [-0.25, -0.2) is 9.97 Å². The van der Waals surface area contributed by atoms with Crippen molar-refractivity contribution in [3.05, 3.63) is 54.2 Å². The van der Waals surface area contributed by atoms with Gasteiger partial charge < -0.3 is 34.9 Å². The molecule has 1 aromatic heterocycles. The smallest absolute Gasteiger partial charge is 0.257 e. The van der Waals surface area contributed by atoms with Gasteiger partial charge in [0.15, 0.2) is 0 Å². The number of aromatic nitrogens is 2. The molecular weight excluding hydrogens is 524 g/mol. The summed E-state index contributed by atoms with van der Waals surface area (Å²) in [7, 11) is 1.57. The molecule has 0 saturated carbocycles. The molecule has 216 valence electrons. The van der Waals surface area contributed by atoms with Gasteiger partial charge in [0.2, 0.25) is 5.95 Å². The summed E-state index contributed by atoms with van der Waals surface area (Å²) in [5.74, 6) is 1.56. The Kier molecular flexibility index (Phi) is 8.17. The maximum Gasteiger partial charge on any atom is 0.257 e. The van der Waals surface area contributed by atoms with E-state index >= 15 is 0 Å². The third-order valence-corrected chi connectivity index (χ3v) is 7.82. The van der Waals surface area contributed by atoms with Crippen LogP contribution in [0.4, 0.5) is 17.3 Å². The van der Waals surface area contributed by atoms with Crippen LogP contribution in [0.5, 0.6) is 11.5 Å². The molecule has 3 aliphatic heterocycles. The minimum Gasteiger partial charge on any atom is -0.496 e. The molecule has 6 rings (SSSR count). The van der Waals surface area contributed by atoms with Crippen LogP contribution < -0.4 is 20.5 Å². The highest BCUT2D eigenvalue weighted by molar-refractivity contribution is 5.98. The van der Waals surface area contributed by atoms with E-state index in [9.17, 15) is 4.79 Å². The number of nitrogen functional groups attached to an aromatic ring is 1. The summed E-state index contributed by atoms with van der Waals surface area (Å²) in [5, 5.41) is 3.23. The first kappa shape index (κ1) is 27.3. The number of rotatable bonds is 8. The summed E-state index contributed by atoms with van der Waals surface area (Å²) < 4.78 is 22.5. The summed E-state index contributed by atoms with van der Waals surface area (Å²) >= 11 is 0. The Hall–Kier alpha value is -3.93.